The smallest absolute Gasteiger partial charge is 0.352 e. The maximum Gasteiger partial charge on any atom is 0.451 e. The van der Waals surface area contributed by atoms with Gasteiger partial charge in [-0.3, -0.25) is 9.69 Å². The molecule has 7 heteroatoms. The highest BCUT2D eigenvalue weighted by atomic mass is 16.6. The average molecular weight is 356 g/mol. The molecule has 2 heterocycles. The first-order chi connectivity index (χ1) is 11.4. The lowest BCUT2D eigenvalue weighted by Crippen LogP contribution is -2.58. The quantitative estimate of drug-likeness (QED) is 0.584. The van der Waals surface area contributed by atoms with Crippen molar-refractivity contribution in [1.29, 1.82) is 0 Å². The molecule has 0 aromatic rings. The molecular weight excluding hydrogens is 320 g/mol. The number of hydroxylamine groups is 3. The molecule has 0 saturated carbocycles. The molecule has 0 aromatic heterocycles. The minimum Gasteiger partial charge on any atom is -0.352 e. The summed E-state index contributed by atoms with van der Waals surface area (Å²) < 4.78 is -0.693. The number of quaternary nitrogens is 1. The zero-order chi connectivity index (χ0) is 19.0. The van der Waals surface area contributed by atoms with E-state index in [-0.39, 0.29) is 23.4 Å². The molecule has 2 rings (SSSR count). The van der Waals surface area contributed by atoms with E-state index in [0.29, 0.717) is 12.8 Å². The van der Waals surface area contributed by atoms with Gasteiger partial charge in [-0.05, 0) is 45.2 Å². The molecule has 0 aliphatic carbocycles. The molecule has 2 fully saturated rings. The van der Waals surface area contributed by atoms with E-state index in [1.165, 1.54) is 11.9 Å². The van der Waals surface area contributed by atoms with Gasteiger partial charge in [-0.25, -0.2) is 10.0 Å². The van der Waals surface area contributed by atoms with Crippen LogP contribution >= 0.6 is 0 Å². The summed E-state index contributed by atoms with van der Waals surface area (Å²) in [6, 6.07) is -1.05. The molecule has 144 valence electrons. The Morgan fingerprint density at radius 3 is 2.56 bits per heavy atom. The number of nitrogens with one attached hydrogen (secondary N) is 1. The topological polar surface area (TPSA) is 72.9 Å². The molecule has 2 aliphatic rings. The number of nitrogens with zero attached hydrogens (tertiary/aromatic N) is 3. The van der Waals surface area contributed by atoms with Crippen LogP contribution in [0.5, 0.6) is 0 Å². The van der Waals surface area contributed by atoms with Crippen molar-refractivity contribution >= 4 is 11.9 Å². The first kappa shape index (κ1) is 20.1. The van der Waals surface area contributed by atoms with Crippen molar-refractivity contribution in [2.75, 3.05) is 34.2 Å². The summed E-state index contributed by atoms with van der Waals surface area (Å²) >= 11 is 0. The van der Waals surface area contributed by atoms with Gasteiger partial charge in [0.05, 0.1) is 0 Å². The number of hydrogen-bond donors (Lipinski definition) is 2. The monoisotopic (exact) mass is 355 g/mol. The van der Waals surface area contributed by atoms with E-state index in [4.69, 9.17) is 0 Å². The van der Waals surface area contributed by atoms with Crippen molar-refractivity contribution in [3.8, 4) is 0 Å². The maximum absolute atomic E-state index is 12.9. The maximum atomic E-state index is 12.9. The summed E-state index contributed by atoms with van der Waals surface area (Å²) in [6.07, 6.45) is 3.04. The van der Waals surface area contributed by atoms with Crippen molar-refractivity contribution in [2.24, 2.45) is 5.41 Å². The summed E-state index contributed by atoms with van der Waals surface area (Å²) in [4.78, 5) is 29.2. The molecule has 3 amide bonds. The number of carbonyl (C=O) groups excluding carboxylic acids is 2. The van der Waals surface area contributed by atoms with Gasteiger partial charge in [0.15, 0.2) is 0 Å². The third kappa shape index (κ3) is 4.51. The van der Waals surface area contributed by atoms with Crippen LogP contribution in [0.3, 0.4) is 0 Å². The second-order valence-corrected chi connectivity index (χ2v) is 8.96. The Balaban J connectivity index is 2.08. The van der Waals surface area contributed by atoms with Gasteiger partial charge in [0, 0.05) is 26.1 Å². The Hall–Kier alpha value is -1.18. The Kier molecular flexibility index (Phi) is 5.81. The first-order valence-electron chi connectivity index (χ1n) is 9.29. The Morgan fingerprint density at radius 1 is 1.28 bits per heavy atom. The van der Waals surface area contributed by atoms with Crippen molar-refractivity contribution in [1.82, 2.24) is 15.1 Å². The Bertz CT molecular complexity index is 520. The van der Waals surface area contributed by atoms with Gasteiger partial charge in [0.25, 0.3) is 0 Å². The predicted molar refractivity (Wildman–Crippen MR) is 96.1 cm³/mol. The number of amides is 3. The fourth-order valence-electron chi connectivity index (χ4n) is 4.23. The molecule has 2 N–H and O–H groups in total. The van der Waals surface area contributed by atoms with Crippen molar-refractivity contribution in [3.05, 3.63) is 0 Å². The van der Waals surface area contributed by atoms with E-state index in [2.05, 4.69) is 31.1 Å². The minimum atomic E-state index is -0.693. The molecule has 4 atom stereocenters. The van der Waals surface area contributed by atoms with Crippen LogP contribution in [0, 0.1) is 5.41 Å². The zero-order valence-corrected chi connectivity index (χ0v) is 16.6. The van der Waals surface area contributed by atoms with E-state index in [1.54, 1.807) is 7.05 Å². The SMILES string of the molecule is CC1CCC(C(=O)NC2CCN(C)CC(C)(C)C2)N(C)C(=O)[N+]1(C)O. The Morgan fingerprint density at radius 2 is 1.92 bits per heavy atom. The lowest BCUT2D eigenvalue weighted by Gasteiger charge is -2.31. The summed E-state index contributed by atoms with van der Waals surface area (Å²) in [5.41, 5.74) is 0.142. The lowest BCUT2D eigenvalue weighted by molar-refractivity contribution is -1.04. The van der Waals surface area contributed by atoms with Crippen LogP contribution in [0.15, 0.2) is 0 Å². The first-order valence-corrected chi connectivity index (χ1v) is 9.29. The van der Waals surface area contributed by atoms with Crippen LogP contribution < -0.4 is 5.32 Å². The molecule has 2 saturated heterocycles. The summed E-state index contributed by atoms with van der Waals surface area (Å²) in [6.45, 7) is 8.27. The highest BCUT2D eigenvalue weighted by molar-refractivity contribution is 5.85. The fourth-order valence-corrected chi connectivity index (χ4v) is 4.23. The number of carbonyl (C=O) groups is 2. The minimum absolute atomic E-state index is 0.102. The normalized spacial score (nSPS) is 37.3. The van der Waals surface area contributed by atoms with E-state index in [1.807, 2.05) is 6.92 Å². The number of likely N-dealkylation sites (tertiary alicyclic amines) is 1. The average Bonchev–Trinajstić information content (AvgIpc) is 2.66. The molecule has 0 bridgehead atoms. The highest BCUT2D eigenvalue weighted by Gasteiger charge is 2.47. The van der Waals surface area contributed by atoms with E-state index < -0.39 is 16.7 Å². The summed E-state index contributed by atoms with van der Waals surface area (Å²) in [7, 11) is 5.22. The standard InChI is InChI=1S/C18H34N4O3/c1-13-7-8-15(21(5)17(24)22(13,6)25)16(23)19-14-9-10-20(4)12-18(2,3)11-14/h13-15,25H,7-12H2,1-6H3/p+1. The molecule has 4 unspecified atom stereocenters. The van der Waals surface area contributed by atoms with Crippen LogP contribution in [0.4, 0.5) is 4.79 Å². The van der Waals surface area contributed by atoms with Gasteiger partial charge in [-0.1, -0.05) is 13.8 Å². The molecule has 0 aromatic carbocycles. The summed E-state index contributed by atoms with van der Waals surface area (Å²) in [5, 5.41) is 13.6. The highest BCUT2D eigenvalue weighted by Crippen LogP contribution is 2.28. The number of hydrogen-bond acceptors (Lipinski definition) is 4. The third-order valence-electron chi connectivity index (χ3n) is 5.88. The van der Waals surface area contributed by atoms with E-state index in [0.717, 1.165) is 25.9 Å². The van der Waals surface area contributed by atoms with Crippen molar-refractivity contribution in [3.63, 3.8) is 0 Å². The molecule has 7 nitrogen and oxygen atoms in total. The third-order valence-corrected chi connectivity index (χ3v) is 5.88. The molecule has 0 radical (unpaired) electrons. The number of likely N-dealkylation sites (N-methyl/N-ethyl adjacent to an activating group) is 1. The Labute approximate surface area is 151 Å². The largest absolute Gasteiger partial charge is 0.451 e. The molecule has 25 heavy (non-hydrogen) atoms. The number of urea groups is 1. The van der Waals surface area contributed by atoms with Crippen LogP contribution in [-0.4, -0.2) is 83.9 Å². The van der Waals surface area contributed by atoms with Gasteiger partial charge in [0.2, 0.25) is 5.91 Å². The van der Waals surface area contributed by atoms with Crippen molar-refractivity contribution in [2.45, 2.75) is 64.6 Å². The van der Waals surface area contributed by atoms with Crippen LogP contribution in [0.25, 0.3) is 0 Å². The second-order valence-electron chi connectivity index (χ2n) is 8.96. The summed E-state index contributed by atoms with van der Waals surface area (Å²) in [5.74, 6) is -0.102. The fraction of sp³-hybridized carbons (Fsp3) is 0.889. The molecule has 2 aliphatic heterocycles. The lowest BCUT2D eigenvalue weighted by atomic mass is 9.85. The van der Waals surface area contributed by atoms with Gasteiger partial charge in [0.1, 0.15) is 19.1 Å². The second kappa shape index (κ2) is 7.21. The van der Waals surface area contributed by atoms with Crippen molar-refractivity contribution < 1.29 is 19.4 Å². The van der Waals surface area contributed by atoms with E-state index in [9.17, 15) is 14.8 Å². The van der Waals surface area contributed by atoms with Crippen LogP contribution in [-0.2, 0) is 4.79 Å². The van der Waals surface area contributed by atoms with Gasteiger partial charge in [-0.15, -0.1) is 4.65 Å². The molecular formula is C18H35N4O3+. The van der Waals surface area contributed by atoms with Gasteiger partial charge in [-0.2, -0.15) is 0 Å². The van der Waals surface area contributed by atoms with Gasteiger partial charge < -0.3 is 10.2 Å². The van der Waals surface area contributed by atoms with Crippen LogP contribution in [0.2, 0.25) is 0 Å². The molecule has 0 spiro atoms. The zero-order valence-electron chi connectivity index (χ0n) is 16.6. The predicted octanol–water partition coefficient (Wildman–Crippen LogP) is 1.66. The van der Waals surface area contributed by atoms with Gasteiger partial charge >= 0.3 is 6.03 Å². The van der Waals surface area contributed by atoms with E-state index >= 15 is 0 Å². The van der Waals surface area contributed by atoms with Crippen LogP contribution in [0.1, 0.15) is 46.5 Å². The number of rotatable bonds is 2.